The van der Waals surface area contributed by atoms with Crippen LogP contribution >= 0.6 is 0 Å². The third-order valence-electron chi connectivity index (χ3n) is 3.99. The van der Waals surface area contributed by atoms with Gasteiger partial charge in [-0.3, -0.25) is 4.68 Å². The van der Waals surface area contributed by atoms with Crippen LogP contribution in [0.1, 0.15) is 5.56 Å². The SMILES string of the molecule is Nc1nc(-c2cc(-c3ccon3)n(Cc3ccccc3F)n2)nc(N)c1N. The number of hydrogen-bond acceptors (Lipinski definition) is 8. The summed E-state index contributed by atoms with van der Waals surface area (Å²) in [5.74, 6) is -0.0117. The van der Waals surface area contributed by atoms with Gasteiger partial charge in [0.25, 0.3) is 0 Å². The Kier molecular flexibility index (Phi) is 3.92. The number of halogens is 1. The number of aromatic nitrogens is 5. The number of rotatable bonds is 4. The Morgan fingerprint density at radius 2 is 1.74 bits per heavy atom. The molecule has 10 heteroatoms. The second-order valence-corrected chi connectivity index (χ2v) is 5.78. The van der Waals surface area contributed by atoms with Crippen LogP contribution in [-0.2, 0) is 6.54 Å². The van der Waals surface area contributed by atoms with Crippen molar-refractivity contribution in [1.82, 2.24) is 24.9 Å². The number of benzene rings is 1. The molecule has 3 heterocycles. The van der Waals surface area contributed by atoms with Gasteiger partial charge in [-0.2, -0.15) is 5.10 Å². The summed E-state index contributed by atoms with van der Waals surface area (Å²) >= 11 is 0. The molecule has 0 bridgehead atoms. The minimum absolute atomic E-state index is 0.0594. The smallest absolute Gasteiger partial charge is 0.184 e. The zero-order valence-corrected chi connectivity index (χ0v) is 14.0. The van der Waals surface area contributed by atoms with Crippen LogP contribution in [0.3, 0.4) is 0 Å². The zero-order chi connectivity index (χ0) is 19.0. The summed E-state index contributed by atoms with van der Waals surface area (Å²) in [7, 11) is 0. The number of nitrogen functional groups attached to an aromatic ring is 3. The molecule has 0 saturated heterocycles. The van der Waals surface area contributed by atoms with E-state index in [9.17, 15) is 4.39 Å². The first-order chi connectivity index (χ1) is 13.0. The molecule has 0 aliphatic carbocycles. The lowest BCUT2D eigenvalue weighted by Gasteiger charge is -2.07. The Bertz CT molecular complexity index is 1080. The first-order valence-corrected chi connectivity index (χ1v) is 7.94. The molecular weight excluding hydrogens is 351 g/mol. The molecule has 0 aliphatic rings. The standard InChI is InChI=1S/C17H15FN8O/c18-10-4-2-1-3-9(10)8-26-13(11-5-6-27-25-11)7-12(24-26)17-22-15(20)14(19)16(21)23-17/h1-7H,8,19H2,(H4,20,21,22,23). The van der Waals surface area contributed by atoms with Gasteiger partial charge in [0.1, 0.15) is 29.2 Å². The number of nitrogens with zero attached hydrogens (tertiary/aromatic N) is 5. The van der Waals surface area contributed by atoms with Gasteiger partial charge in [0.15, 0.2) is 17.5 Å². The monoisotopic (exact) mass is 366 g/mol. The topological polar surface area (TPSA) is 148 Å². The molecule has 0 saturated carbocycles. The van der Waals surface area contributed by atoms with E-state index in [1.807, 2.05) is 0 Å². The Labute approximate surface area is 152 Å². The van der Waals surface area contributed by atoms with Crippen LogP contribution in [0.25, 0.3) is 22.9 Å². The maximum Gasteiger partial charge on any atom is 0.184 e. The molecule has 0 fully saturated rings. The number of anilines is 3. The molecule has 0 unspecified atom stereocenters. The summed E-state index contributed by atoms with van der Waals surface area (Å²) in [5, 5.41) is 8.40. The fourth-order valence-electron chi connectivity index (χ4n) is 2.60. The van der Waals surface area contributed by atoms with E-state index < -0.39 is 0 Å². The van der Waals surface area contributed by atoms with Crippen molar-refractivity contribution in [2.45, 2.75) is 6.54 Å². The van der Waals surface area contributed by atoms with E-state index in [2.05, 4.69) is 20.2 Å². The van der Waals surface area contributed by atoms with E-state index in [0.29, 0.717) is 22.6 Å². The van der Waals surface area contributed by atoms with Crippen LogP contribution in [0.5, 0.6) is 0 Å². The van der Waals surface area contributed by atoms with Crippen LogP contribution in [0.15, 0.2) is 47.2 Å². The van der Waals surface area contributed by atoms with Crippen molar-refractivity contribution in [3.63, 3.8) is 0 Å². The van der Waals surface area contributed by atoms with Crippen LogP contribution in [0.4, 0.5) is 21.7 Å². The Morgan fingerprint density at radius 3 is 2.41 bits per heavy atom. The second kappa shape index (κ2) is 6.41. The third-order valence-corrected chi connectivity index (χ3v) is 3.99. The van der Waals surface area contributed by atoms with Crippen LogP contribution in [-0.4, -0.2) is 24.9 Å². The Hall–Kier alpha value is -3.95. The third kappa shape index (κ3) is 3.03. The molecule has 0 spiro atoms. The molecule has 0 radical (unpaired) electrons. The minimum atomic E-state index is -0.335. The van der Waals surface area contributed by atoms with Gasteiger partial charge in [-0.15, -0.1) is 0 Å². The normalized spacial score (nSPS) is 11.0. The number of hydrogen-bond donors (Lipinski definition) is 3. The van der Waals surface area contributed by atoms with Crippen molar-refractivity contribution in [3.8, 4) is 22.9 Å². The first-order valence-electron chi connectivity index (χ1n) is 7.94. The summed E-state index contributed by atoms with van der Waals surface area (Å²) < 4.78 is 20.6. The lowest BCUT2D eigenvalue weighted by Crippen LogP contribution is -2.08. The van der Waals surface area contributed by atoms with Gasteiger partial charge in [-0.25, -0.2) is 14.4 Å². The van der Waals surface area contributed by atoms with Crippen molar-refractivity contribution >= 4 is 17.3 Å². The van der Waals surface area contributed by atoms with Gasteiger partial charge in [-0.1, -0.05) is 23.4 Å². The van der Waals surface area contributed by atoms with E-state index >= 15 is 0 Å². The van der Waals surface area contributed by atoms with E-state index in [1.54, 1.807) is 35.0 Å². The molecule has 0 atom stereocenters. The van der Waals surface area contributed by atoms with Gasteiger partial charge in [0.2, 0.25) is 0 Å². The quantitative estimate of drug-likeness (QED) is 0.496. The van der Waals surface area contributed by atoms with E-state index in [4.69, 9.17) is 21.7 Å². The maximum absolute atomic E-state index is 14.1. The van der Waals surface area contributed by atoms with Gasteiger partial charge < -0.3 is 21.7 Å². The predicted octanol–water partition coefficient (Wildman–Crippen LogP) is 1.93. The fraction of sp³-hybridized carbons (Fsp3) is 0.0588. The molecule has 4 aromatic rings. The van der Waals surface area contributed by atoms with Crippen molar-refractivity contribution in [3.05, 3.63) is 54.0 Å². The molecule has 3 aromatic heterocycles. The van der Waals surface area contributed by atoms with Gasteiger partial charge in [0.05, 0.1) is 12.2 Å². The highest BCUT2D eigenvalue weighted by Gasteiger charge is 2.18. The van der Waals surface area contributed by atoms with E-state index in [-0.39, 0.29) is 35.5 Å². The fourth-order valence-corrected chi connectivity index (χ4v) is 2.60. The minimum Gasteiger partial charge on any atom is -0.393 e. The van der Waals surface area contributed by atoms with Crippen LogP contribution in [0.2, 0.25) is 0 Å². The molecule has 0 amide bonds. The lowest BCUT2D eigenvalue weighted by atomic mass is 10.2. The Morgan fingerprint density at radius 1 is 1.00 bits per heavy atom. The molecule has 9 nitrogen and oxygen atoms in total. The largest absolute Gasteiger partial charge is 0.393 e. The van der Waals surface area contributed by atoms with Crippen molar-refractivity contribution in [2.75, 3.05) is 17.2 Å². The van der Waals surface area contributed by atoms with E-state index in [0.717, 1.165) is 0 Å². The van der Waals surface area contributed by atoms with Crippen molar-refractivity contribution < 1.29 is 8.91 Å². The summed E-state index contributed by atoms with van der Waals surface area (Å²) in [4.78, 5) is 8.26. The van der Waals surface area contributed by atoms with Crippen molar-refractivity contribution in [2.24, 2.45) is 0 Å². The summed E-state index contributed by atoms with van der Waals surface area (Å²) in [6, 6.07) is 9.82. The Balaban J connectivity index is 1.82. The zero-order valence-electron chi connectivity index (χ0n) is 14.0. The average molecular weight is 366 g/mol. The number of nitrogens with two attached hydrogens (primary N) is 3. The molecule has 6 N–H and O–H groups in total. The van der Waals surface area contributed by atoms with Crippen LogP contribution < -0.4 is 17.2 Å². The summed E-state index contributed by atoms with van der Waals surface area (Å²) in [6.45, 7) is 0.175. The molecule has 0 aliphatic heterocycles. The highest BCUT2D eigenvalue weighted by molar-refractivity contribution is 5.74. The average Bonchev–Trinajstić information content (AvgIpc) is 3.31. The highest BCUT2D eigenvalue weighted by Crippen LogP contribution is 2.27. The van der Waals surface area contributed by atoms with Crippen LogP contribution in [0, 0.1) is 5.82 Å². The molecular formula is C17H15FN8O. The predicted molar refractivity (Wildman–Crippen MR) is 97.5 cm³/mol. The molecule has 136 valence electrons. The van der Waals surface area contributed by atoms with Gasteiger partial charge in [0, 0.05) is 11.6 Å². The highest BCUT2D eigenvalue weighted by atomic mass is 19.1. The van der Waals surface area contributed by atoms with Gasteiger partial charge in [-0.05, 0) is 12.1 Å². The summed E-state index contributed by atoms with van der Waals surface area (Å²) in [6.07, 6.45) is 1.44. The molecule has 1 aromatic carbocycles. The van der Waals surface area contributed by atoms with Crippen molar-refractivity contribution in [1.29, 1.82) is 0 Å². The van der Waals surface area contributed by atoms with E-state index in [1.165, 1.54) is 12.3 Å². The molecule has 4 rings (SSSR count). The first kappa shape index (κ1) is 16.5. The van der Waals surface area contributed by atoms with Gasteiger partial charge >= 0.3 is 0 Å². The second-order valence-electron chi connectivity index (χ2n) is 5.78. The molecule has 27 heavy (non-hydrogen) atoms. The maximum atomic E-state index is 14.1. The summed E-state index contributed by atoms with van der Waals surface area (Å²) in [5.41, 5.74) is 19.3. The lowest BCUT2D eigenvalue weighted by molar-refractivity contribution is 0.421.